The molecule has 2 heterocycles. The van der Waals surface area contributed by atoms with Crippen molar-refractivity contribution in [3.63, 3.8) is 0 Å². The molecule has 0 N–H and O–H groups in total. The molecule has 0 saturated carbocycles. The molecular weight excluding hydrogens is 246 g/mol. The molecule has 0 atom stereocenters. The summed E-state index contributed by atoms with van der Waals surface area (Å²) < 4.78 is 0. The molecule has 3 rings (SSSR count). The first kappa shape index (κ1) is 11.2. The minimum Gasteiger partial charge on any atom is -0.327 e. The first-order valence-electron chi connectivity index (χ1n) is 5.69. The molecule has 0 radical (unpaired) electrons. The van der Waals surface area contributed by atoms with E-state index < -0.39 is 0 Å². The number of amides is 1. The highest BCUT2D eigenvalue weighted by Gasteiger charge is 2.28. The van der Waals surface area contributed by atoms with Crippen LogP contribution in [-0.2, 0) is 6.54 Å². The Labute approximate surface area is 109 Å². The zero-order chi connectivity index (χ0) is 12.5. The Kier molecular flexibility index (Phi) is 2.72. The topological polar surface area (TPSA) is 37.4 Å². The van der Waals surface area contributed by atoms with Gasteiger partial charge in [0.1, 0.15) is 0 Å². The molecule has 3 nitrogen and oxygen atoms in total. The maximum absolute atomic E-state index is 12.1. The van der Waals surface area contributed by atoms with Crippen LogP contribution in [0.5, 0.6) is 0 Å². The van der Waals surface area contributed by atoms with Crippen LogP contribution < -0.4 is 0 Å². The van der Waals surface area contributed by atoms with Crippen LogP contribution in [0.2, 0.25) is 0 Å². The summed E-state index contributed by atoms with van der Waals surface area (Å²) in [7, 11) is 0. The van der Waals surface area contributed by atoms with Crippen molar-refractivity contribution in [1.29, 1.82) is 0 Å². The van der Waals surface area contributed by atoms with E-state index in [0.29, 0.717) is 11.4 Å². The average Bonchev–Trinajstić information content (AvgIpc) is 3.00. The summed E-state index contributed by atoms with van der Waals surface area (Å²) in [6.07, 6.45) is 0. The van der Waals surface area contributed by atoms with Gasteiger partial charge in [-0.2, -0.15) is 0 Å². The molecule has 1 aliphatic heterocycles. The van der Waals surface area contributed by atoms with Crippen molar-refractivity contribution in [1.82, 2.24) is 4.90 Å². The van der Waals surface area contributed by atoms with Gasteiger partial charge in [-0.25, -0.2) is 0 Å². The second-order valence-electron chi connectivity index (χ2n) is 4.22. The normalized spacial score (nSPS) is 13.8. The van der Waals surface area contributed by atoms with E-state index in [9.17, 15) is 9.59 Å². The van der Waals surface area contributed by atoms with Crippen molar-refractivity contribution in [2.75, 3.05) is 6.54 Å². The number of hydrogen-bond donors (Lipinski definition) is 0. The van der Waals surface area contributed by atoms with Crippen molar-refractivity contribution < 1.29 is 9.59 Å². The van der Waals surface area contributed by atoms with Crippen LogP contribution in [0, 0.1) is 0 Å². The van der Waals surface area contributed by atoms with Crippen LogP contribution in [-0.4, -0.2) is 23.1 Å². The lowest BCUT2D eigenvalue weighted by Gasteiger charge is -2.13. The molecule has 1 aliphatic rings. The smallest absolute Gasteiger partial charge is 0.254 e. The third-order valence-corrected chi connectivity index (χ3v) is 3.94. The van der Waals surface area contributed by atoms with Gasteiger partial charge >= 0.3 is 0 Å². The largest absolute Gasteiger partial charge is 0.327 e. The van der Waals surface area contributed by atoms with Gasteiger partial charge in [0.25, 0.3) is 5.91 Å². The summed E-state index contributed by atoms with van der Waals surface area (Å²) in [5.74, 6) is -0.0401. The molecule has 0 fully saturated rings. The number of benzene rings is 1. The lowest BCUT2D eigenvalue weighted by atomic mass is 10.1. The number of ketones is 1. The van der Waals surface area contributed by atoms with Gasteiger partial charge in [-0.1, -0.05) is 24.3 Å². The van der Waals surface area contributed by atoms with Crippen LogP contribution in [0.1, 0.15) is 25.6 Å². The van der Waals surface area contributed by atoms with E-state index in [0.717, 1.165) is 11.1 Å². The van der Waals surface area contributed by atoms with Crippen molar-refractivity contribution in [3.05, 3.63) is 57.8 Å². The number of rotatable bonds is 3. The number of carbonyl (C=O) groups excluding carboxylic acids is 2. The van der Waals surface area contributed by atoms with Gasteiger partial charge in [0.15, 0.2) is 5.78 Å². The minimum atomic E-state index is -0.0458. The molecule has 0 aliphatic carbocycles. The molecule has 18 heavy (non-hydrogen) atoms. The highest BCUT2D eigenvalue weighted by atomic mass is 32.1. The maximum Gasteiger partial charge on any atom is 0.254 e. The molecule has 0 spiro atoms. The summed E-state index contributed by atoms with van der Waals surface area (Å²) in [5, 5.41) is 1.87. The zero-order valence-corrected chi connectivity index (χ0v) is 10.4. The van der Waals surface area contributed by atoms with Crippen molar-refractivity contribution in [2.24, 2.45) is 0 Å². The Bertz CT molecular complexity index is 604. The number of thiophene rings is 1. The summed E-state index contributed by atoms with van der Waals surface area (Å²) in [5.41, 5.74) is 1.72. The molecule has 90 valence electrons. The molecule has 1 aromatic carbocycles. The Balaban J connectivity index is 1.77. The highest BCUT2D eigenvalue weighted by Crippen LogP contribution is 2.22. The third kappa shape index (κ3) is 1.84. The van der Waals surface area contributed by atoms with Crippen LogP contribution >= 0.6 is 11.3 Å². The van der Waals surface area contributed by atoms with Gasteiger partial charge in [0.05, 0.1) is 11.4 Å². The second-order valence-corrected chi connectivity index (χ2v) is 5.17. The number of hydrogen-bond acceptors (Lipinski definition) is 3. The predicted octanol–water partition coefficient (Wildman–Crippen LogP) is 2.59. The van der Waals surface area contributed by atoms with E-state index >= 15 is 0 Å². The summed E-state index contributed by atoms with van der Waals surface area (Å²) >= 11 is 1.41. The van der Waals surface area contributed by atoms with Crippen LogP contribution in [0.4, 0.5) is 0 Å². The fourth-order valence-electron chi connectivity index (χ4n) is 2.13. The first-order valence-corrected chi connectivity index (χ1v) is 6.57. The fourth-order valence-corrected chi connectivity index (χ4v) is 2.79. The Morgan fingerprint density at radius 3 is 2.78 bits per heavy atom. The quantitative estimate of drug-likeness (QED) is 0.792. The summed E-state index contributed by atoms with van der Waals surface area (Å²) in [6, 6.07) is 11.1. The van der Waals surface area contributed by atoms with E-state index in [1.807, 2.05) is 35.7 Å². The van der Waals surface area contributed by atoms with Gasteiger partial charge in [-0.3, -0.25) is 9.59 Å². The molecule has 0 unspecified atom stereocenters. The van der Waals surface area contributed by atoms with Gasteiger partial charge in [0.2, 0.25) is 0 Å². The monoisotopic (exact) mass is 257 g/mol. The van der Waals surface area contributed by atoms with Gasteiger partial charge in [0, 0.05) is 12.1 Å². The second kappa shape index (κ2) is 4.38. The number of carbonyl (C=O) groups is 2. The molecule has 2 aromatic rings. The van der Waals surface area contributed by atoms with Gasteiger partial charge in [-0.15, -0.1) is 11.3 Å². The molecule has 1 aromatic heterocycles. The van der Waals surface area contributed by atoms with Crippen molar-refractivity contribution >= 4 is 23.0 Å². The summed E-state index contributed by atoms with van der Waals surface area (Å²) in [6.45, 7) is 0.695. The standard InChI is InChI=1S/C14H11NO2S/c16-12(13-6-3-7-18-13)9-15-8-10-4-1-2-5-11(10)14(15)17/h1-7H,8-9H2. The van der Waals surface area contributed by atoms with Crippen LogP contribution in [0.15, 0.2) is 41.8 Å². The molecule has 0 saturated heterocycles. The Morgan fingerprint density at radius 2 is 2.06 bits per heavy atom. The van der Waals surface area contributed by atoms with Gasteiger partial charge in [-0.05, 0) is 23.1 Å². The highest BCUT2D eigenvalue weighted by molar-refractivity contribution is 7.12. The molecular formula is C14H11NO2S. The van der Waals surface area contributed by atoms with Crippen LogP contribution in [0.25, 0.3) is 0 Å². The first-order chi connectivity index (χ1) is 8.75. The summed E-state index contributed by atoms with van der Waals surface area (Å²) in [4.78, 5) is 26.4. The Hall–Kier alpha value is -1.94. The Morgan fingerprint density at radius 1 is 1.22 bits per heavy atom. The van der Waals surface area contributed by atoms with Gasteiger partial charge < -0.3 is 4.90 Å². The van der Waals surface area contributed by atoms with Crippen molar-refractivity contribution in [2.45, 2.75) is 6.54 Å². The van der Waals surface area contributed by atoms with E-state index in [4.69, 9.17) is 0 Å². The number of fused-ring (bicyclic) bond motifs is 1. The van der Waals surface area contributed by atoms with Crippen molar-refractivity contribution in [3.8, 4) is 0 Å². The molecule has 4 heteroatoms. The lowest BCUT2D eigenvalue weighted by molar-refractivity contribution is 0.0730. The molecule has 0 bridgehead atoms. The maximum atomic E-state index is 12.1. The molecule has 1 amide bonds. The average molecular weight is 257 g/mol. The van der Waals surface area contributed by atoms with E-state index in [-0.39, 0.29) is 18.2 Å². The predicted molar refractivity (Wildman–Crippen MR) is 69.8 cm³/mol. The lowest BCUT2D eigenvalue weighted by Crippen LogP contribution is -2.29. The zero-order valence-electron chi connectivity index (χ0n) is 9.63. The number of Topliss-reactive ketones (excluding diaryl/α,β-unsaturated/α-hetero) is 1. The third-order valence-electron chi connectivity index (χ3n) is 3.03. The fraction of sp³-hybridized carbons (Fsp3) is 0.143. The SMILES string of the molecule is O=C(CN1Cc2ccccc2C1=O)c1cccs1. The van der Waals surface area contributed by atoms with E-state index in [1.54, 1.807) is 11.0 Å². The van der Waals surface area contributed by atoms with Crippen LogP contribution in [0.3, 0.4) is 0 Å². The van der Waals surface area contributed by atoms with E-state index in [2.05, 4.69) is 0 Å². The minimum absolute atomic E-state index is 0.00570. The number of nitrogens with zero attached hydrogens (tertiary/aromatic N) is 1. The van der Waals surface area contributed by atoms with E-state index in [1.165, 1.54) is 11.3 Å².